The van der Waals surface area contributed by atoms with E-state index >= 15 is 0 Å². The number of amides is 3. The standard InChI is InChI=1S/C28H22ClFN4O4/c1-38-22-11-9-21(10-12-22)34-26(35)23(24(32-34)14-17-5-7-20(30)8-6-17)15-25-27(36)33(28(37)31-25)16-18-3-2-4-19(29)13-18/h2-13,15,35H,14,16H2,1H3,(H,31,37)/b25-15-. The van der Waals surface area contributed by atoms with Crippen molar-refractivity contribution in [3.8, 4) is 17.3 Å². The van der Waals surface area contributed by atoms with E-state index in [1.165, 1.54) is 22.9 Å². The number of halogens is 2. The van der Waals surface area contributed by atoms with E-state index in [-0.39, 0.29) is 35.9 Å². The highest BCUT2D eigenvalue weighted by Gasteiger charge is 2.34. The Balaban J connectivity index is 1.52. The molecule has 0 spiro atoms. The molecule has 8 nitrogen and oxygen atoms in total. The number of urea groups is 1. The summed E-state index contributed by atoms with van der Waals surface area (Å²) < 4.78 is 20.0. The minimum absolute atomic E-state index is 0.0121. The Bertz CT molecular complexity index is 1550. The normalized spacial score (nSPS) is 14.3. The van der Waals surface area contributed by atoms with E-state index < -0.39 is 11.9 Å². The number of nitrogens with zero attached hydrogens (tertiary/aromatic N) is 3. The molecule has 0 bridgehead atoms. The van der Waals surface area contributed by atoms with Crippen LogP contribution in [-0.4, -0.2) is 38.8 Å². The molecule has 1 saturated heterocycles. The van der Waals surface area contributed by atoms with E-state index in [0.29, 0.717) is 27.7 Å². The third kappa shape index (κ3) is 5.09. The molecule has 0 unspecified atom stereocenters. The number of aromatic hydroxyl groups is 1. The predicted molar refractivity (Wildman–Crippen MR) is 139 cm³/mol. The number of carbonyl (C=O) groups excluding carboxylic acids is 2. The lowest BCUT2D eigenvalue weighted by Crippen LogP contribution is -2.30. The molecule has 1 aliphatic rings. The molecule has 10 heteroatoms. The average Bonchev–Trinajstić information content (AvgIpc) is 3.36. The van der Waals surface area contributed by atoms with E-state index in [2.05, 4.69) is 10.4 Å². The third-order valence-electron chi connectivity index (χ3n) is 6.06. The van der Waals surface area contributed by atoms with Crippen molar-refractivity contribution in [2.45, 2.75) is 13.0 Å². The molecule has 2 N–H and O–H groups in total. The Hall–Kier alpha value is -4.63. The van der Waals surface area contributed by atoms with E-state index in [4.69, 9.17) is 16.3 Å². The smallest absolute Gasteiger partial charge is 0.329 e. The van der Waals surface area contributed by atoms with Crippen LogP contribution in [-0.2, 0) is 17.8 Å². The molecule has 0 atom stereocenters. The van der Waals surface area contributed by atoms with Crippen LogP contribution in [0.25, 0.3) is 11.8 Å². The zero-order valence-corrected chi connectivity index (χ0v) is 20.9. The number of imide groups is 1. The fourth-order valence-electron chi connectivity index (χ4n) is 4.12. The van der Waals surface area contributed by atoms with Crippen molar-refractivity contribution in [3.63, 3.8) is 0 Å². The summed E-state index contributed by atoms with van der Waals surface area (Å²) >= 11 is 6.04. The van der Waals surface area contributed by atoms with Crippen molar-refractivity contribution in [1.82, 2.24) is 20.0 Å². The molecule has 0 aliphatic carbocycles. The minimum Gasteiger partial charge on any atom is -0.497 e. The summed E-state index contributed by atoms with van der Waals surface area (Å²) in [6, 6.07) is 19.1. The number of hydrogen-bond acceptors (Lipinski definition) is 5. The summed E-state index contributed by atoms with van der Waals surface area (Å²) in [6.07, 6.45) is 1.64. The predicted octanol–water partition coefficient (Wildman–Crippen LogP) is 5.06. The van der Waals surface area contributed by atoms with Gasteiger partial charge in [-0.1, -0.05) is 35.9 Å². The van der Waals surface area contributed by atoms with E-state index in [1.54, 1.807) is 67.8 Å². The summed E-state index contributed by atoms with van der Waals surface area (Å²) in [5.41, 5.74) is 2.65. The summed E-state index contributed by atoms with van der Waals surface area (Å²) in [6.45, 7) is 0.0299. The van der Waals surface area contributed by atoms with Crippen LogP contribution in [0, 0.1) is 5.82 Å². The van der Waals surface area contributed by atoms with Gasteiger partial charge in [0.1, 0.15) is 17.3 Å². The van der Waals surface area contributed by atoms with Gasteiger partial charge in [0.15, 0.2) is 0 Å². The molecule has 4 aromatic rings. The second-order valence-electron chi connectivity index (χ2n) is 8.61. The number of ether oxygens (including phenoxy) is 1. The molecule has 1 fully saturated rings. The van der Waals surface area contributed by atoms with Crippen LogP contribution in [0.4, 0.5) is 9.18 Å². The van der Waals surface area contributed by atoms with Crippen LogP contribution in [0.15, 0.2) is 78.5 Å². The van der Waals surface area contributed by atoms with Gasteiger partial charge in [0.25, 0.3) is 5.91 Å². The number of hydrogen-bond donors (Lipinski definition) is 2. The Morgan fingerprint density at radius 1 is 1.05 bits per heavy atom. The Morgan fingerprint density at radius 2 is 1.79 bits per heavy atom. The number of nitrogens with one attached hydrogen (secondary N) is 1. The van der Waals surface area contributed by atoms with Gasteiger partial charge in [-0.25, -0.2) is 13.9 Å². The van der Waals surface area contributed by atoms with Crippen molar-refractivity contribution < 1.29 is 23.8 Å². The molecule has 0 radical (unpaired) electrons. The summed E-state index contributed by atoms with van der Waals surface area (Å²) in [4.78, 5) is 26.9. The molecular formula is C28H22ClFN4O4. The van der Waals surface area contributed by atoms with E-state index in [0.717, 1.165) is 10.5 Å². The van der Waals surface area contributed by atoms with Gasteiger partial charge in [-0.3, -0.25) is 9.69 Å². The second kappa shape index (κ2) is 10.4. The first-order valence-corrected chi connectivity index (χ1v) is 12.0. The Morgan fingerprint density at radius 3 is 2.47 bits per heavy atom. The molecule has 0 saturated carbocycles. The third-order valence-corrected chi connectivity index (χ3v) is 6.29. The largest absolute Gasteiger partial charge is 0.497 e. The lowest BCUT2D eigenvalue weighted by molar-refractivity contribution is -0.123. The zero-order valence-electron chi connectivity index (χ0n) is 20.2. The highest BCUT2D eigenvalue weighted by atomic mass is 35.5. The maximum Gasteiger partial charge on any atom is 0.329 e. The Labute approximate surface area is 222 Å². The molecular weight excluding hydrogens is 511 g/mol. The quantitative estimate of drug-likeness (QED) is 0.256. The number of benzene rings is 3. The van der Waals surface area contributed by atoms with Crippen LogP contribution >= 0.6 is 11.6 Å². The molecule has 1 aromatic heterocycles. The van der Waals surface area contributed by atoms with Gasteiger partial charge in [-0.15, -0.1) is 0 Å². The number of methoxy groups -OCH3 is 1. The highest BCUT2D eigenvalue weighted by molar-refractivity contribution is 6.30. The molecule has 3 aromatic carbocycles. The second-order valence-corrected chi connectivity index (χ2v) is 9.04. The highest BCUT2D eigenvalue weighted by Crippen LogP contribution is 2.30. The van der Waals surface area contributed by atoms with Gasteiger partial charge in [0.05, 0.1) is 30.6 Å². The first-order chi connectivity index (χ1) is 18.3. The van der Waals surface area contributed by atoms with Crippen molar-refractivity contribution in [1.29, 1.82) is 0 Å². The SMILES string of the molecule is COc1ccc(-n2nc(Cc3ccc(F)cc3)c(/C=C3\NC(=O)N(Cc4cccc(Cl)c4)C3=O)c2O)cc1. The number of aromatic nitrogens is 2. The first kappa shape index (κ1) is 25.0. The van der Waals surface area contributed by atoms with Gasteiger partial charge in [-0.2, -0.15) is 5.10 Å². The van der Waals surface area contributed by atoms with Gasteiger partial charge in [0, 0.05) is 11.4 Å². The van der Waals surface area contributed by atoms with Gasteiger partial charge in [-0.05, 0) is 65.7 Å². The lowest BCUT2D eigenvalue weighted by atomic mass is 10.1. The summed E-state index contributed by atoms with van der Waals surface area (Å²) in [5.74, 6) is -0.524. The van der Waals surface area contributed by atoms with Crippen molar-refractivity contribution in [2.24, 2.45) is 0 Å². The topological polar surface area (TPSA) is 96.7 Å². The van der Waals surface area contributed by atoms with E-state index in [9.17, 15) is 19.1 Å². The van der Waals surface area contributed by atoms with Crippen LogP contribution in [0.2, 0.25) is 5.02 Å². The molecule has 3 amide bonds. The molecule has 192 valence electrons. The molecule has 38 heavy (non-hydrogen) atoms. The lowest BCUT2D eigenvalue weighted by Gasteiger charge is -2.11. The summed E-state index contributed by atoms with van der Waals surface area (Å²) in [7, 11) is 1.55. The fourth-order valence-corrected chi connectivity index (χ4v) is 4.33. The average molecular weight is 533 g/mol. The number of carbonyl (C=O) groups is 2. The number of rotatable bonds is 7. The van der Waals surface area contributed by atoms with Crippen molar-refractivity contribution in [2.75, 3.05) is 7.11 Å². The van der Waals surface area contributed by atoms with Gasteiger partial charge >= 0.3 is 6.03 Å². The Kier molecular flexibility index (Phi) is 6.85. The van der Waals surface area contributed by atoms with Gasteiger partial charge < -0.3 is 15.2 Å². The van der Waals surface area contributed by atoms with Crippen LogP contribution in [0.1, 0.15) is 22.4 Å². The maximum absolute atomic E-state index is 13.5. The summed E-state index contributed by atoms with van der Waals surface area (Å²) in [5, 5.41) is 18.8. The molecule has 5 rings (SSSR count). The van der Waals surface area contributed by atoms with Crippen LogP contribution in [0.3, 0.4) is 0 Å². The molecule has 2 heterocycles. The fraction of sp³-hybridized carbons (Fsp3) is 0.107. The van der Waals surface area contributed by atoms with E-state index in [1.807, 2.05) is 0 Å². The molecule has 1 aliphatic heterocycles. The van der Waals surface area contributed by atoms with Gasteiger partial charge in [0.2, 0.25) is 5.88 Å². The van der Waals surface area contributed by atoms with Crippen molar-refractivity contribution in [3.05, 3.63) is 112 Å². The minimum atomic E-state index is -0.594. The van der Waals surface area contributed by atoms with Crippen LogP contribution in [0.5, 0.6) is 11.6 Å². The monoisotopic (exact) mass is 532 g/mol. The maximum atomic E-state index is 13.5. The van der Waals surface area contributed by atoms with Crippen LogP contribution < -0.4 is 10.1 Å². The zero-order chi connectivity index (χ0) is 26.8. The van der Waals surface area contributed by atoms with Crippen molar-refractivity contribution >= 4 is 29.6 Å². The first-order valence-electron chi connectivity index (χ1n) is 11.6.